The van der Waals surface area contributed by atoms with E-state index in [1.807, 2.05) is 0 Å². The topological polar surface area (TPSA) is 77.9 Å². The van der Waals surface area contributed by atoms with Gasteiger partial charge in [0.1, 0.15) is 0 Å². The van der Waals surface area contributed by atoms with E-state index in [0.717, 1.165) is 0 Å². The monoisotopic (exact) mass is 244 g/mol. The van der Waals surface area contributed by atoms with Crippen molar-refractivity contribution in [1.82, 2.24) is 9.80 Å². The molecule has 0 bridgehead atoms. The fourth-order valence-electron chi connectivity index (χ4n) is 1.18. The number of carbonyl (C=O) groups excluding carboxylic acids is 2. The SMILES string of the molecule is CN(C)C(=O)CN(C)C(=O)CCCCC(=O)O. The Kier molecular flexibility index (Phi) is 6.93. The van der Waals surface area contributed by atoms with Gasteiger partial charge < -0.3 is 14.9 Å². The first-order valence-corrected chi connectivity index (χ1v) is 5.50. The highest BCUT2D eigenvalue weighted by atomic mass is 16.4. The Bertz CT molecular complexity index is 289. The Hall–Kier alpha value is -1.59. The molecular formula is C11H20N2O4. The van der Waals surface area contributed by atoms with E-state index in [1.165, 1.54) is 9.80 Å². The molecule has 0 unspecified atom stereocenters. The van der Waals surface area contributed by atoms with Crippen molar-refractivity contribution in [2.45, 2.75) is 25.7 Å². The molecule has 0 aliphatic heterocycles. The van der Waals surface area contributed by atoms with Crippen molar-refractivity contribution in [2.24, 2.45) is 0 Å². The van der Waals surface area contributed by atoms with Crippen LogP contribution < -0.4 is 0 Å². The van der Waals surface area contributed by atoms with Crippen molar-refractivity contribution in [3.05, 3.63) is 0 Å². The molecule has 0 aromatic carbocycles. The number of unbranched alkanes of at least 4 members (excludes halogenated alkanes) is 1. The highest BCUT2D eigenvalue weighted by Gasteiger charge is 2.13. The van der Waals surface area contributed by atoms with E-state index in [1.54, 1.807) is 21.1 Å². The number of hydrogen-bond acceptors (Lipinski definition) is 3. The van der Waals surface area contributed by atoms with Crippen LogP contribution in [0.25, 0.3) is 0 Å². The van der Waals surface area contributed by atoms with Crippen LogP contribution in [0.4, 0.5) is 0 Å². The van der Waals surface area contributed by atoms with E-state index < -0.39 is 5.97 Å². The van der Waals surface area contributed by atoms with Gasteiger partial charge in [-0.1, -0.05) is 0 Å². The van der Waals surface area contributed by atoms with Gasteiger partial charge in [0.25, 0.3) is 0 Å². The first-order chi connectivity index (χ1) is 7.84. The van der Waals surface area contributed by atoms with E-state index in [-0.39, 0.29) is 31.2 Å². The molecule has 0 aromatic heterocycles. The van der Waals surface area contributed by atoms with Crippen molar-refractivity contribution in [3.63, 3.8) is 0 Å². The van der Waals surface area contributed by atoms with E-state index in [4.69, 9.17) is 5.11 Å². The predicted molar refractivity (Wildman–Crippen MR) is 62.4 cm³/mol. The summed E-state index contributed by atoms with van der Waals surface area (Å²) in [5.41, 5.74) is 0. The van der Waals surface area contributed by atoms with E-state index in [0.29, 0.717) is 12.8 Å². The molecule has 0 aliphatic rings. The second-order valence-corrected chi connectivity index (χ2v) is 4.14. The van der Waals surface area contributed by atoms with Crippen molar-refractivity contribution in [2.75, 3.05) is 27.7 Å². The van der Waals surface area contributed by atoms with E-state index in [9.17, 15) is 14.4 Å². The fraction of sp³-hybridized carbons (Fsp3) is 0.727. The number of hydrogen-bond donors (Lipinski definition) is 1. The minimum Gasteiger partial charge on any atom is -0.481 e. The Morgan fingerprint density at radius 2 is 1.47 bits per heavy atom. The maximum atomic E-state index is 11.6. The molecule has 0 heterocycles. The van der Waals surface area contributed by atoms with Crippen LogP contribution in [0.15, 0.2) is 0 Å². The molecule has 1 N–H and O–H groups in total. The molecule has 0 aromatic rings. The van der Waals surface area contributed by atoms with Gasteiger partial charge in [-0.05, 0) is 12.8 Å². The smallest absolute Gasteiger partial charge is 0.303 e. The van der Waals surface area contributed by atoms with Crippen molar-refractivity contribution >= 4 is 17.8 Å². The van der Waals surface area contributed by atoms with Gasteiger partial charge in [-0.2, -0.15) is 0 Å². The fourth-order valence-corrected chi connectivity index (χ4v) is 1.18. The molecule has 17 heavy (non-hydrogen) atoms. The Morgan fingerprint density at radius 1 is 0.941 bits per heavy atom. The second kappa shape index (κ2) is 7.65. The van der Waals surface area contributed by atoms with Gasteiger partial charge in [0, 0.05) is 34.0 Å². The zero-order valence-electron chi connectivity index (χ0n) is 10.6. The number of nitrogens with zero attached hydrogens (tertiary/aromatic N) is 2. The number of carboxylic acids is 1. The Labute approximate surface area is 101 Å². The summed E-state index contributed by atoms with van der Waals surface area (Å²) in [7, 11) is 4.84. The predicted octanol–water partition coefficient (Wildman–Crippen LogP) is 0.178. The summed E-state index contributed by atoms with van der Waals surface area (Å²) in [6.07, 6.45) is 1.38. The quantitative estimate of drug-likeness (QED) is 0.648. The minimum absolute atomic E-state index is 0.0603. The number of aliphatic carboxylic acids is 1. The molecule has 0 saturated carbocycles. The zero-order valence-corrected chi connectivity index (χ0v) is 10.6. The van der Waals surface area contributed by atoms with Crippen molar-refractivity contribution in [1.29, 1.82) is 0 Å². The van der Waals surface area contributed by atoms with Gasteiger partial charge in [-0.3, -0.25) is 14.4 Å². The standard InChI is InChI=1S/C11H20N2O4/c1-12(2)10(15)8-13(3)9(14)6-4-5-7-11(16)17/h4-8H2,1-3H3,(H,16,17). The van der Waals surface area contributed by atoms with Crippen LogP contribution in [0.5, 0.6) is 0 Å². The summed E-state index contributed by atoms with van der Waals surface area (Å²) in [6, 6.07) is 0. The maximum Gasteiger partial charge on any atom is 0.303 e. The average molecular weight is 244 g/mol. The zero-order chi connectivity index (χ0) is 13.4. The maximum absolute atomic E-state index is 11.6. The summed E-state index contributed by atoms with van der Waals surface area (Å²) < 4.78 is 0. The molecule has 2 amide bonds. The van der Waals surface area contributed by atoms with Gasteiger partial charge in [-0.15, -0.1) is 0 Å². The van der Waals surface area contributed by atoms with Crippen LogP contribution in [0, 0.1) is 0 Å². The number of amides is 2. The third-order valence-electron chi connectivity index (χ3n) is 2.33. The van der Waals surface area contributed by atoms with Crippen molar-refractivity contribution in [3.8, 4) is 0 Å². The molecule has 0 rings (SSSR count). The summed E-state index contributed by atoms with van der Waals surface area (Å²) in [4.78, 5) is 35.9. The first-order valence-electron chi connectivity index (χ1n) is 5.50. The normalized spacial score (nSPS) is 9.82. The van der Waals surface area contributed by atoms with Crippen LogP contribution in [-0.2, 0) is 14.4 Å². The van der Waals surface area contributed by atoms with Crippen molar-refractivity contribution < 1.29 is 19.5 Å². The molecule has 0 atom stereocenters. The molecule has 0 saturated heterocycles. The third-order valence-corrected chi connectivity index (χ3v) is 2.33. The number of rotatable bonds is 7. The Balaban J connectivity index is 3.82. The lowest BCUT2D eigenvalue weighted by Crippen LogP contribution is -2.37. The largest absolute Gasteiger partial charge is 0.481 e. The Morgan fingerprint density at radius 3 is 1.94 bits per heavy atom. The lowest BCUT2D eigenvalue weighted by molar-refractivity contribution is -0.138. The van der Waals surface area contributed by atoms with Gasteiger partial charge in [-0.25, -0.2) is 0 Å². The van der Waals surface area contributed by atoms with Gasteiger partial charge in [0.05, 0.1) is 6.54 Å². The molecule has 98 valence electrons. The molecular weight excluding hydrogens is 224 g/mol. The van der Waals surface area contributed by atoms with Crippen LogP contribution >= 0.6 is 0 Å². The summed E-state index contributed by atoms with van der Waals surface area (Å²) in [6.45, 7) is 0.0603. The molecule has 6 heteroatoms. The van der Waals surface area contributed by atoms with Crippen LogP contribution in [-0.4, -0.2) is 60.4 Å². The number of carbonyl (C=O) groups is 3. The van der Waals surface area contributed by atoms with Gasteiger partial charge in [0.15, 0.2) is 0 Å². The molecule has 0 aliphatic carbocycles. The molecule has 6 nitrogen and oxygen atoms in total. The minimum atomic E-state index is -0.853. The van der Waals surface area contributed by atoms with E-state index in [2.05, 4.69) is 0 Å². The van der Waals surface area contributed by atoms with Crippen LogP contribution in [0.3, 0.4) is 0 Å². The number of carboxylic acid groups (broad SMARTS) is 1. The second-order valence-electron chi connectivity index (χ2n) is 4.14. The van der Waals surface area contributed by atoms with E-state index >= 15 is 0 Å². The highest BCUT2D eigenvalue weighted by molar-refractivity contribution is 5.84. The lowest BCUT2D eigenvalue weighted by atomic mass is 10.2. The lowest BCUT2D eigenvalue weighted by Gasteiger charge is -2.19. The number of likely N-dealkylation sites (N-methyl/N-ethyl adjacent to an activating group) is 2. The summed E-state index contributed by atoms with van der Waals surface area (Å²) in [5, 5.41) is 8.42. The highest BCUT2D eigenvalue weighted by Crippen LogP contribution is 2.02. The van der Waals surface area contributed by atoms with Gasteiger partial charge >= 0.3 is 5.97 Å². The van der Waals surface area contributed by atoms with Crippen LogP contribution in [0.2, 0.25) is 0 Å². The summed E-state index contributed by atoms with van der Waals surface area (Å²) in [5.74, 6) is -1.12. The average Bonchev–Trinajstić information content (AvgIpc) is 2.23. The van der Waals surface area contributed by atoms with Gasteiger partial charge in [0.2, 0.25) is 11.8 Å². The summed E-state index contributed by atoms with van der Waals surface area (Å²) >= 11 is 0. The first kappa shape index (κ1) is 15.4. The molecule has 0 spiro atoms. The molecule has 0 radical (unpaired) electrons. The molecule has 0 fully saturated rings. The van der Waals surface area contributed by atoms with Crippen LogP contribution in [0.1, 0.15) is 25.7 Å². The third kappa shape index (κ3) is 7.32.